The fourth-order valence-corrected chi connectivity index (χ4v) is 1.02. The molecule has 1 aromatic rings. The molecule has 0 radical (unpaired) electrons. The van der Waals surface area contributed by atoms with Crippen molar-refractivity contribution in [1.82, 2.24) is 10.3 Å². The number of aliphatic hydroxyl groups is 1. The van der Waals surface area contributed by atoms with Gasteiger partial charge in [-0.2, -0.15) is 0 Å². The van der Waals surface area contributed by atoms with E-state index in [1.54, 1.807) is 12.3 Å². The SMILES string of the molecule is CCNC(=O)c1cnccc1CO. The van der Waals surface area contributed by atoms with Crippen LogP contribution in [0.15, 0.2) is 18.5 Å². The van der Waals surface area contributed by atoms with Crippen LogP contribution in [0.5, 0.6) is 0 Å². The molecule has 1 aromatic heterocycles. The van der Waals surface area contributed by atoms with Gasteiger partial charge < -0.3 is 10.4 Å². The summed E-state index contributed by atoms with van der Waals surface area (Å²) < 4.78 is 0. The van der Waals surface area contributed by atoms with Crippen molar-refractivity contribution in [2.45, 2.75) is 13.5 Å². The first-order valence-corrected chi connectivity index (χ1v) is 4.11. The molecule has 0 bridgehead atoms. The summed E-state index contributed by atoms with van der Waals surface area (Å²) in [5, 5.41) is 11.6. The maximum atomic E-state index is 11.4. The second kappa shape index (κ2) is 4.57. The number of rotatable bonds is 3. The second-order valence-corrected chi connectivity index (χ2v) is 2.55. The highest BCUT2D eigenvalue weighted by molar-refractivity contribution is 5.95. The minimum Gasteiger partial charge on any atom is -0.392 e. The quantitative estimate of drug-likeness (QED) is 0.704. The van der Waals surface area contributed by atoms with E-state index in [0.717, 1.165) is 0 Å². The van der Waals surface area contributed by atoms with Crippen molar-refractivity contribution in [3.05, 3.63) is 29.6 Å². The summed E-state index contributed by atoms with van der Waals surface area (Å²) in [6.07, 6.45) is 3.00. The van der Waals surface area contributed by atoms with Crippen molar-refractivity contribution in [3.63, 3.8) is 0 Å². The van der Waals surface area contributed by atoms with Gasteiger partial charge in [-0.3, -0.25) is 9.78 Å². The van der Waals surface area contributed by atoms with Gasteiger partial charge in [0.15, 0.2) is 0 Å². The zero-order chi connectivity index (χ0) is 9.68. The summed E-state index contributed by atoms with van der Waals surface area (Å²) in [7, 11) is 0. The number of aliphatic hydroxyl groups excluding tert-OH is 1. The van der Waals surface area contributed by atoms with Gasteiger partial charge in [-0.1, -0.05) is 0 Å². The summed E-state index contributed by atoms with van der Waals surface area (Å²) in [6, 6.07) is 1.63. The van der Waals surface area contributed by atoms with Gasteiger partial charge in [0.2, 0.25) is 0 Å². The summed E-state index contributed by atoms with van der Waals surface area (Å²) in [5.41, 5.74) is 1.04. The molecule has 0 saturated carbocycles. The lowest BCUT2D eigenvalue weighted by atomic mass is 10.1. The number of carbonyl (C=O) groups is 1. The Labute approximate surface area is 76.6 Å². The van der Waals surface area contributed by atoms with Gasteiger partial charge in [0.05, 0.1) is 12.2 Å². The Hall–Kier alpha value is -1.42. The van der Waals surface area contributed by atoms with E-state index in [4.69, 9.17) is 5.11 Å². The third-order valence-corrected chi connectivity index (χ3v) is 1.66. The van der Waals surface area contributed by atoms with E-state index in [-0.39, 0.29) is 12.5 Å². The average molecular weight is 180 g/mol. The molecule has 0 fully saturated rings. The van der Waals surface area contributed by atoms with Crippen LogP contribution in [-0.4, -0.2) is 22.5 Å². The van der Waals surface area contributed by atoms with Crippen LogP contribution in [0, 0.1) is 0 Å². The zero-order valence-electron chi connectivity index (χ0n) is 7.45. The summed E-state index contributed by atoms with van der Waals surface area (Å²) in [6.45, 7) is 2.26. The number of hydrogen-bond acceptors (Lipinski definition) is 3. The summed E-state index contributed by atoms with van der Waals surface area (Å²) in [5.74, 6) is -0.195. The van der Waals surface area contributed by atoms with Crippen molar-refractivity contribution < 1.29 is 9.90 Å². The molecular formula is C9H12N2O2. The van der Waals surface area contributed by atoms with Crippen LogP contribution in [0.1, 0.15) is 22.8 Å². The lowest BCUT2D eigenvalue weighted by Crippen LogP contribution is -2.24. The van der Waals surface area contributed by atoms with E-state index in [1.807, 2.05) is 6.92 Å². The monoisotopic (exact) mass is 180 g/mol. The molecule has 0 aliphatic carbocycles. The Morgan fingerprint density at radius 2 is 2.46 bits per heavy atom. The van der Waals surface area contributed by atoms with Crippen LogP contribution in [0.4, 0.5) is 0 Å². The standard InChI is InChI=1S/C9H12N2O2/c1-2-11-9(13)8-5-10-4-3-7(8)6-12/h3-5,12H,2,6H2,1H3,(H,11,13). The molecule has 2 N–H and O–H groups in total. The molecule has 70 valence electrons. The van der Waals surface area contributed by atoms with E-state index >= 15 is 0 Å². The molecule has 0 unspecified atom stereocenters. The molecule has 0 aromatic carbocycles. The van der Waals surface area contributed by atoms with Crippen LogP contribution < -0.4 is 5.32 Å². The minimum absolute atomic E-state index is 0.144. The Kier molecular flexibility index (Phi) is 3.40. The summed E-state index contributed by atoms with van der Waals surface area (Å²) in [4.78, 5) is 15.2. The molecule has 1 amide bonds. The number of nitrogens with one attached hydrogen (secondary N) is 1. The van der Waals surface area contributed by atoms with Crippen LogP contribution in [0.3, 0.4) is 0 Å². The molecule has 0 aliphatic rings. The van der Waals surface area contributed by atoms with Crippen molar-refractivity contribution in [1.29, 1.82) is 0 Å². The molecule has 13 heavy (non-hydrogen) atoms. The largest absolute Gasteiger partial charge is 0.392 e. The number of aromatic nitrogens is 1. The lowest BCUT2D eigenvalue weighted by molar-refractivity contribution is 0.0952. The first-order chi connectivity index (χ1) is 6.29. The highest BCUT2D eigenvalue weighted by atomic mass is 16.3. The number of amides is 1. The molecule has 0 aliphatic heterocycles. The van der Waals surface area contributed by atoms with Gasteiger partial charge in [0.25, 0.3) is 5.91 Å². The molecule has 0 atom stereocenters. The van der Waals surface area contributed by atoms with Gasteiger partial charge in [0, 0.05) is 18.9 Å². The highest BCUT2D eigenvalue weighted by Crippen LogP contribution is 2.05. The second-order valence-electron chi connectivity index (χ2n) is 2.55. The fraction of sp³-hybridized carbons (Fsp3) is 0.333. The molecule has 1 rings (SSSR count). The number of carbonyl (C=O) groups excluding carboxylic acids is 1. The topological polar surface area (TPSA) is 62.2 Å². The zero-order valence-corrected chi connectivity index (χ0v) is 7.45. The third kappa shape index (κ3) is 2.26. The van der Waals surface area contributed by atoms with E-state index in [2.05, 4.69) is 10.3 Å². The Morgan fingerprint density at radius 3 is 3.08 bits per heavy atom. The van der Waals surface area contributed by atoms with E-state index < -0.39 is 0 Å². The maximum absolute atomic E-state index is 11.4. The predicted molar refractivity (Wildman–Crippen MR) is 48.2 cm³/mol. The Morgan fingerprint density at radius 1 is 1.69 bits per heavy atom. The molecule has 0 spiro atoms. The highest BCUT2D eigenvalue weighted by Gasteiger charge is 2.08. The van der Waals surface area contributed by atoms with E-state index in [9.17, 15) is 4.79 Å². The van der Waals surface area contributed by atoms with Crippen molar-refractivity contribution in [2.75, 3.05) is 6.54 Å². The molecular weight excluding hydrogens is 168 g/mol. The number of pyridine rings is 1. The van der Waals surface area contributed by atoms with Crippen LogP contribution in [-0.2, 0) is 6.61 Å². The van der Waals surface area contributed by atoms with Crippen LogP contribution in [0.25, 0.3) is 0 Å². The minimum atomic E-state index is -0.195. The molecule has 1 heterocycles. The lowest BCUT2D eigenvalue weighted by Gasteiger charge is -2.05. The van der Waals surface area contributed by atoms with E-state index in [0.29, 0.717) is 17.7 Å². The summed E-state index contributed by atoms with van der Waals surface area (Å²) >= 11 is 0. The first-order valence-electron chi connectivity index (χ1n) is 4.11. The Balaban J connectivity index is 2.92. The fourth-order valence-electron chi connectivity index (χ4n) is 1.02. The van der Waals surface area contributed by atoms with Gasteiger partial charge in [-0.05, 0) is 18.6 Å². The van der Waals surface area contributed by atoms with Gasteiger partial charge in [-0.15, -0.1) is 0 Å². The maximum Gasteiger partial charge on any atom is 0.253 e. The van der Waals surface area contributed by atoms with Crippen molar-refractivity contribution in [2.24, 2.45) is 0 Å². The van der Waals surface area contributed by atoms with Crippen molar-refractivity contribution in [3.8, 4) is 0 Å². The molecule has 4 nitrogen and oxygen atoms in total. The van der Waals surface area contributed by atoms with Crippen molar-refractivity contribution >= 4 is 5.91 Å². The van der Waals surface area contributed by atoms with Gasteiger partial charge in [-0.25, -0.2) is 0 Å². The third-order valence-electron chi connectivity index (χ3n) is 1.66. The van der Waals surface area contributed by atoms with Crippen LogP contribution >= 0.6 is 0 Å². The number of nitrogens with zero attached hydrogens (tertiary/aromatic N) is 1. The molecule has 4 heteroatoms. The van der Waals surface area contributed by atoms with Gasteiger partial charge in [0.1, 0.15) is 0 Å². The first kappa shape index (κ1) is 9.67. The molecule has 0 saturated heterocycles. The average Bonchev–Trinajstić information content (AvgIpc) is 2.18. The van der Waals surface area contributed by atoms with Crippen LogP contribution in [0.2, 0.25) is 0 Å². The normalized spacial score (nSPS) is 9.69. The predicted octanol–water partition coefficient (Wildman–Crippen LogP) is 0.324. The smallest absolute Gasteiger partial charge is 0.253 e. The van der Waals surface area contributed by atoms with E-state index in [1.165, 1.54) is 6.20 Å². The number of hydrogen-bond donors (Lipinski definition) is 2. The Bertz CT molecular complexity index is 299. The van der Waals surface area contributed by atoms with Gasteiger partial charge >= 0.3 is 0 Å².